The number of sulfonamides is 1. The minimum Gasteiger partial charge on any atom is -0.467 e. The Morgan fingerprint density at radius 1 is 1.41 bits per heavy atom. The second kappa shape index (κ2) is 5.38. The summed E-state index contributed by atoms with van der Waals surface area (Å²) in [6.45, 7) is 0. The Morgan fingerprint density at radius 2 is 2.05 bits per heavy atom. The van der Waals surface area contributed by atoms with Gasteiger partial charge < -0.3 is 4.74 Å². The molecule has 0 saturated heterocycles. The number of methoxy groups -OCH3 is 1. The summed E-state index contributed by atoms with van der Waals surface area (Å²) in [4.78, 5) is 11.8. The van der Waals surface area contributed by atoms with E-state index in [2.05, 4.69) is 4.74 Å². The average Bonchev–Trinajstić information content (AvgIpc) is 2.95. The topological polar surface area (TPSA) is 72.5 Å². The number of ether oxygens (including phenoxy) is 1. The van der Waals surface area contributed by atoms with Gasteiger partial charge in [-0.25, -0.2) is 13.2 Å². The Hall–Kier alpha value is -1.35. The minimum atomic E-state index is -5.13. The van der Waals surface area contributed by atoms with E-state index >= 15 is 0 Å². The molecule has 0 aromatic rings. The number of hydrogen-bond acceptors (Lipinski definition) is 4. The quantitative estimate of drug-likeness (QED) is 0.609. The van der Waals surface area contributed by atoms with Crippen LogP contribution in [0.5, 0.6) is 0 Å². The zero-order chi connectivity index (χ0) is 16.8. The molecule has 2 aliphatic rings. The summed E-state index contributed by atoms with van der Waals surface area (Å²) >= 11 is 0. The fraction of sp³-hybridized carbons (Fsp3) is 0.615. The van der Waals surface area contributed by atoms with E-state index in [1.807, 2.05) is 6.08 Å². The molecule has 5 nitrogen and oxygen atoms in total. The largest absolute Gasteiger partial charge is 0.467 e. The highest BCUT2D eigenvalue weighted by atomic mass is 32.2. The molecule has 0 amide bonds. The van der Waals surface area contributed by atoms with Gasteiger partial charge >= 0.3 is 12.1 Å². The van der Waals surface area contributed by atoms with Crippen molar-refractivity contribution in [2.45, 2.75) is 24.6 Å². The van der Waals surface area contributed by atoms with E-state index in [1.165, 1.54) is 4.72 Å². The summed E-state index contributed by atoms with van der Waals surface area (Å²) in [7, 11) is -3.50. The highest BCUT2D eigenvalue weighted by molar-refractivity contribution is 7.88. The number of carbonyl (C=O) groups excluding carboxylic acids is 1. The van der Waals surface area contributed by atoms with Crippen molar-refractivity contribution in [2.75, 3.05) is 13.4 Å². The maximum atomic E-state index is 13.6. The van der Waals surface area contributed by atoms with E-state index in [0.29, 0.717) is 18.2 Å². The van der Waals surface area contributed by atoms with Crippen LogP contribution in [0.25, 0.3) is 0 Å². The Balaban J connectivity index is 2.43. The van der Waals surface area contributed by atoms with Crippen LogP contribution in [0.3, 0.4) is 0 Å². The Bertz CT molecular complexity index is 638. The zero-order valence-corrected chi connectivity index (χ0v) is 12.8. The lowest BCUT2D eigenvalue weighted by Gasteiger charge is -2.34. The molecule has 0 radical (unpaired) electrons. The lowest BCUT2D eigenvalue weighted by atomic mass is 9.86. The Kier molecular flexibility index (Phi) is 4.16. The van der Waals surface area contributed by atoms with Gasteiger partial charge in [0.05, 0.1) is 13.4 Å². The van der Waals surface area contributed by atoms with Crippen LogP contribution >= 0.6 is 0 Å². The molecule has 0 fully saturated rings. The molecule has 0 aromatic carbocycles. The molecule has 0 spiro atoms. The number of esters is 1. The average molecular weight is 339 g/mol. The number of rotatable bonds is 5. The van der Waals surface area contributed by atoms with Gasteiger partial charge in [-0.15, -0.1) is 0 Å². The second-order valence-corrected chi connectivity index (χ2v) is 7.33. The third kappa shape index (κ3) is 3.05. The van der Waals surface area contributed by atoms with Gasteiger partial charge in [-0.1, -0.05) is 23.8 Å². The van der Waals surface area contributed by atoms with Crippen LogP contribution in [0.2, 0.25) is 0 Å². The van der Waals surface area contributed by atoms with Crippen molar-refractivity contribution in [3.8, 4) is 0 Å². The van der Waals surface area contributed by atoms with Crippen LogP contribution in [0.4, 0.5) is 13.2 Å². The molecule has 3 unspecified atom stereocenters. The molecule has 1 N–H and O–H groups in total. The standard InChI is InChI=1S/C13H16F3NO4S/c1-21-11(18)12(13(14,15)16,17-22(2,19)20)7-10-6-8-3-4-9(10)5-8/h3-4,6,8-9,17H,5,7H2,1-2H3. The number of hydrogen-bond donors (Lipinski definition) is 1. The van der Waals surface area contributed by atoms with E-state index in [0.717, 1.165) is 7.11 Å². The van der Waals surface area contributed by atoms with Crippen LogP contribution in [-0.2, 0) is 19.6 Å². The summed E-state index contributed by atoms with van der Waals surface area (Å²) in [5.74, 6) is -1.82. The number of nitrogens with one attached hydrogen (secondary N) is 1. The van der Waals surface area contributed by atoms with Crippen molar-refractivity contribution in [3.63, 3.8) is 0 Å². The number of carbonyl (C=O) groups is 1. The van der Waals surface area contributed by atoms with Crippen molar-refractivity contribution < 1.29 is 31.1 Å². The summed E-state index contributed by atoms with van der Waals surface area (Å²) in [5.41, 5.74) is -2.91. The summed E-state index contributed by atoms with van der Waals surface area (Å²) in [6, 6.07) is 0. The highest BCUT2D eigenvalue weighted by Crippen LogP contribution is 2.45. The molecule has 0 aliphatic heterocycles. The molecule has 9 heteroatoms. The van der Waals surface area contributed by atoms with Gasteiger partial charge in [0.1, 0.15) is 0 Å². The fourth-order valence-corrected chi connectivity index (χ4v) is 3.84. The van der Waals surface area contributed by atoms with Crippen LogP contribution < -0.4 is 4.72 Å². The van der Waals surface area contributed by atoms with Gasteiger partial charge in [-0.3, -0.25) is 0 Å². The molecule has 2 bridgehead atoms. The first-order chi connectivity index (χ1) is 9.98. The molecule has 22 heavy (non-hydrogen) atoms. The maximum absolute atomic E-state index is 13.6. The second-order valence-electron chi connectivity index (χ2n) is 5.58. The molecule has 0 aromatic heterocycles. The monoisotopic (exact) mass is 339 g/mol. The maximum Gasteiger partial charge on any atom is 0.418 e. The number of allylic oxidation sites excluding steroid dienone is 3. The molecular formula is C13H16F3NO4S. The van der Waals surface area contributed by atoms with Crippen molar-refractivity contribution in [1.29, 1.82) is 0 Å². The highest BCUT2D eigenvalue weighted by Gasteiger charge is 2.63. The Labute approximate surface area is 126 Å². The van der Waals surface area contributed by atoms with Crippen molar-refractivity contribution >= 4 is 16.0 Å². The van der Waals surface area contributed by atoms with Gasteiger partial charge in [-0.2, -0.15) is 17.9 Å². The lowest BCUT2D eigenvalue weighted by molar-refractivity contribution is -0.207. The fourth-order valence-electron chi connectivity index (χ4n) is 2.93. The van der Waals surface area contributed by atoms with E-state index in [4.69, 9.17) is 0 Å². The Morgan fingerprint density at radius 3 is 2.41 bits per heavy atom. The minimum absolute atomic E-state index is 0.0433. The van der Waals surface area contributed by atoms with Gasteiger partial charge in [0.25, 0.3) is 0 Å². The van der Waals surface area contributed by atoms with Crippen LogP contribution in [0.15, 0.2) is 23.8 Å². The van der Waals surface area contributed by atoms with Gasteiger partial charge in [0.2, 0.25) is 15.6 Å². The summed E-state index contributed by atoms with van der Waals surface area (Å²) in [6.07, 6.45) is 0.620. The van der Waals surface area contributed by atoms with Crippen molar-refractivity contribution in [1.82, 2.24) is 4.72 Å². The van der Waals surface area contributed by atoms with Crippen molar-refractivity contribution in [2.24, 2.45) is 11.8 Å². The third-order valence-electron chi connectivity index (χ3n) is 3.87. The third-order valence-corrected chi connectivity index (χ3v) is 4.59. The van der Waals surface area contributed by atoms with Gasteiger partial charge in [0, 0.05) is 6.42 Å². The van der Waals surface area contributed by atoms with E-state index < -0.39 is 34.1 Å². The SMILES string of the molecule is COC(=O)C(CC1=CC2C=CC1C2)(NS(C)(=O)=O)C(F)(F)F. The smallest absolute Gasteiger partial charge is 0.418 e. The van der Waals surface area contributed by atoms with Crippen LogP contribution in [0.1, 0.15) is 12.8 Å². The predicted molar refractivity (Wildman–Crippen MR) is 72.2 cm³/mol. The number of halogens is 3. The first kappa shape index (κ1) is 17.0. The molecule has 3 atom stereocenters. The van der Waals surface area contributed by atoms with Crippen LogP contribution in [-0.4, -0.2) is 39.5 Å². The molecule has 2 rings (SSSR count). The summed E-state index contributed by atoms with van der Waals surface area (Å²) < 4.78 is 69.2. The van der Waals surface area contributed by atoms with E-state index in [1.54, 1.807) is 12.2 Å². The van der Waals surface area contributed by atoms with Gasteiger partial charge in [0.15, 0.2) is 0 Å². The lowest BCUT2D eigenvalue weighted by Crippen LogP contribution is -2.64. The van der Waals surface area contributed by atoms with E-state index in [9.17, 15) is 26.4 Å². The summed E-state index contributed by atoms with van der Waals surface area (Å²) in [5, 5.41) is 0. The molecule has 0 saturated carbocycles. The van der Waals surface area contributed by atoms with Crippen LogP contribution in [0, 0.1) is 11.8 Å². The molecule has 0 heterocycles. The first-order valence-electron chi connectivity index (χ1n) is 6.51. The van der Waals surface area contributed by atoms with E-state index in [-0.39, 0.29) is 11.8 Å². The molecule has 2 aliphatic carbocycles. The molecular weight excluding hydrogens is 323 g/mol. The predicted octanol–water partition coefficient (Wildman–Crippen LogP) is 1.53. The van der Waals surface area contributed by atoms with Crippen molar-refractivity contribution in [3.05, 3.63) is 23.8 Å². The number of alkyl halides is 3. The molecule has 124 valence electrons. The van der Waals surface area contributed by atoms with Gasteiger partial charge in [-0.05, 0) is 18.3 Å². The zero-order valence-electron chi connectivity index (χ0n) is 12.0. The first-order valence-corrected chi connectivity index (χ1v) is 8.40. The normalized spacial score (nSPS) is 26.7. The number of fused-ring (bicyclic) bond motifs is 2.